The Labute approximate surface area is 106 Å². The van der Waals surface area contributed by atoms with E-state index in [2.05, 4.69) is 5.92 Å². The molecule has 100 valence electrons. The lowest BCUT2D eigenvalue weighted by atomic mass is 10.1. The molecule has 1 fully saturated rings. The summed E-state index contributed by atoms with van der Waals surface area (Å²) in [5, 5.41) is 8.80. The summed E-state index contributed by atoms with van der Waals surface area (Å²) >= 11 is 0. The fourth-order valence-corrected chi connectivity index (χ4v) is 1.68. The van der Waals surface area contributed by atoms with E-state index in [0.29, 0.717) is 26.4 Å². The quantitative estimate of drug-likeness (QED) is 0.471. The number of carbonyl (C=O) groups is 2. The third kappa shape index (κ3) is 4.73. The van der Waals surface area contributed by atoms with Crippen molar-refractivity contribution in [2.24, 2.45) is 5.92 Å². The van der Waals surface area contributed by atoms with Gasteiger partial charge in [0.15, 0.2) is 0 Å². The molecule has 1 amide bonds. The molecule has 0 bridgehead atoms. The van der Waals surface area contributed by atoms with Gasteiger partial charge in [-0.3, -0.25) is 9.59 Å². The summed E-state index contributed by atoms with van der Waals surface area (Å²) in [6.07, 6.45) is 5.08. The van der Waals surface area contributed by atoms with Crippen molar-refractivity contribution in [3.8, 4) is 12.3 Å². The molecule has 1 aliphatic heterocycles. The standard InChI is InChI=1S/C12H17NO5/c1-2-4-17-6-7-18-5-3-13-9-10(12(15)16)8-11(13)14/h1,10H,3-9H2,(H,15,16). The zero-order valence-electron chi connectivity index (χ0n) is 10.1. The smallest absolute Gasteiger partial charge is 0.308 e. The summed E-state index contributed by atoms with van der Waals surface area (Å²) in [6.45, 7) is 2.14. The van der Waals surface area contributed by atoms with Gasteiger partial charge in [0.2, 0.25) is 5.91 Å². The average molecular weight is 255 g/mol. The minimum atomic E-state index is -0.922. The number of nitrogens with zero attached hydrogens (tertiary/aromatic N) is 1. The molecule has 1 atom stereocenters. The second-order valence-corrected chi connectivity index (χ2v) is 3.95. The molecule has 18 heavy (non-hydrogen) atoms. The molecule has 0 aromatic rings. The number of aliphatic carboxylic acids is 1. The molecule has 0 aliphatic carbocycles. The molecule has 0 aromatic carbocycles. The highest BCUT2D eigenvalue weighted by Gasteiger charge is 2.33. The van der Waals surface area contributed by atoms with Crippen LogP contribution < -0.4 is 0 Å². The van der Waals surface area contributed by atoms with Gasteiger partial charge in [-0.1, -0.05) is 5.92 Å². The van der Waals surface area contributed by atoms with Gasteiger partial charge in [-0.05, 0) is 0 Å². The number of hydrogen-bond acceptors (Lipinski definition) is 4. The highest BCUT2D eigenvalue weighted by molar-refractivity contribution is 5.86. The summed E-state index contributed by atoms with van der Waals surface area (Å²) in [5.74, 6) is 0.700. The molecule has 0 spiro atoms. The molecule has 1 aliphatic rings. The molecule has 1 N–H and O–H groups in total. The molecule has 1 heterocycles. The van der Waals surface area contributed by atoms with Crippen LogP contribution in [-0.2, 0) is 19.1 Å². The largest absolute Gasteiger partial charge is 0.481 e. The van der Waals surface area contributed by atoms with Crippen LogP contribution in [-0.4, -0.2) is 61.4 Å². The highest BCUT2D eigenvalue weighted by Crippen LogP contribution is 2.17. The first-order valence-electron chi connectivity index (χ1n) is 5.74. The third-order valence-corrected chi connectivity index (χ3v) is 2.63. The maximum Gasteiger partial charge on any atom is 0.308 e. The van der Waals surface area contributed by atoms with Crippen molar-refractivity contribution < 1.29 is 24.2 Å². The highest BCUT2D eigenvalue weighted by atomic mass is 16.5. The minimum absolute atomic E-state index is 0.0839. The second-order valence-electron chi connectivity index (χ2n) is 3.95. The Morgan fingerprint density at radius 1 is 1.44 bits per heavy atom. The monoisotopic (exact) mass is 255 g/mol. The molecule has 0 radical (unpaired) electrons. The van der Waals surface area contributed by atoms with Crippen molar-refractivity contribution in [2.75, 3.05) is 39.5 Å². The number of carbonyl (C=O) groups excluding carboxylic acids is 1. The molecule has 6 nitrogen and oxygen atoms in total. The molecular formula is C12H17NO5. The SMILES string of the molecule is C#CCOCCOCCN1CC(C(=O)O)CC1=O. The van der Waals surface area contributed by atoms with E-state index in [1.165, 1.54) is 4.90 Å². The lowest BCUT2D eigenvalue weighted by Crippen LogP contribution is -2.30. The minimum Gasteiger partial charge on any atom is -0.481 e. The van der Waals surface area contributed by atoms with Gasteiger partial charge >= 0.3 is 5.97 Å². The number of amides is 1. The number of carboxylic acids is 1. The maximum absolute atomic E-state index is 11.5. The van der Waals surface area contributed by atoms with Crippen molar-refractivity contribution in [3.63, 3.8) is 0 Å². The Hall–Kier alpha value is -1.58. The number of terminal acetylenes is 1. The normalized spacial score (nSPS) is 18.9. The number of carboxylic acid groups (broad SMARTS) is 1. The topological polar surface area (TPSA) is 76.1 Å². The van der Waals surface area contributed by atoms with E-state index in [-0.39, 0.29) is 25.5 Å². The number of hydrogen-bond donors (Lipinski definition) is 1. The van der Waals surface area contributed by atoms with E-state index in [0.717, 1.165) is 0 Å². The van der Waals surface area contributed by atoms with E-state index >= 15 is 0 Å². The Balaban J connectivity index is 2.08. The lowest BCUT2D eigenvalue weighted by molar-refractivity contribution is -0.141. The Bertz CT molecular complexity index is 336. The van der Waals surface area contributed by atoms with E-state index < -0.39 is 11.9 Å². The predicted octanol–water partition coefficient (Wildman–Crippen LogP) is -0.414. The van der Waals surface area contributed by atoms with Crippen LogP contribution in [0.1, 0.15) is 6.42 Å². The van der Waals surface area contributed by atoms with Gasteiger partial charge in [-0.2, -0.15) is 0 Å². The molecule has 0 aromatic heterocycles. The zero-order chi connectivity index (χ0) is 13.4. The van der Waals surface area contributed by atoms with Crippen molar-refractivity contribution in [3.05, 3.63) is 0 Å². The van der Waals surface area contributed by atoms with Gasteiger partial charge in [0.05, 0.1) is 25.7 Å². The summed E-state index contributed by atoms with van der Waals surface area (Å²) in [6, 6.07) is 0. The average Bonchev–Trinajstić information content (AvgIpc) is 2.70. The summed E-state index contributed by atoms with van der Waals surface area (Å²) in [5.41, 5.74) is 0. The Kier molecular flexibility index (Phi) is 6.19. The first-order chi connectivity index (χ1) is 8.65. The summed E-state index contributed by atoms with van der Waals surface area (Å²) in [7, 11) is 0. The van der Waals surface area contributed by atoms with Gasteiger partial charge in [0.1, 0.15) is 6.61 Å². The molecule has 1 rings (SSSR count). The first-order valence-corrected chi connectivity index (χ1v) is 5.74. The zero-order valence-corrected chi connectivity index (χ0v) is 10.1. The number of likely N-dealkylation sites (tertiary alicyclic amines) is 1. The van der Waals surface area contributed by atoms with Crippen LogP contribution in [0.5, 0.6) is 0 Å². The molecular weight excluding hydrogens is 238 g/mol. The van der Waals surface area contributed by atoms with Gasteiger partial charge in [0.25, 0.3) is 0 Å². The summed E-state index contributed by atoms with van der Waals surface area (Å²) < 4.78 is 10.3. The fourth-order valence-electron chi connectivity index (χ4n) is 1.68. The maximum atomic E-state index is 11.5. The van der Waals surface area contributed by atoms with E-state index in [1.807, 2.05) is 0 Å². The molecule has 1 unspecified atom stereocenters. The van der Waals surface area contributed by atoms with Crippen LogP contribution >= 0.6 is 0 Å². The molecule has 1 saturated heterocycles. The predicted molar refractivity (Wildman–Crippen MR) is 62.8 cm³/mol. The third-order valence-electron chi connectivity index (χ3n) is 2.63. The van der Waals surface area contributed by atoms with Gasteiger partial charge in [-0.25, -0.2) is 0 Å². The van der Waals surface area contributed by atoms with Crippen molar-refractivity contribution >= 4 is 11.9 Å². The first kappa shape index (κ1) is 14.5. The van der Waals surface area contributed by atoms with Crippen LogP contribution in [0.3, 0.4) is 0 Å². The van der Waals surface area contributed by atoms with Crippen molar-refractivity contribution in [1.82, 2.24) is 4.90 Å². The molecule has 6 heteroatoms. The van der Waals surface area contributed by atoms with Crippen LogP contribution in [0, 0.1) is 18.3 Å². The number of ether oxygens (including phenoxy) is 2. The van der Waals surface area contributed by atoms with Gasteiger partial charge in [-0.15, -0.1) is 6.42 Å². The van der Waals surface area contributed by atoms with Crippen LogP contribution in [0.25, 0.3) is 0 Å². The van der Waals surface area contributed by atoms with E-state index in [9.17, 15) is 9.59 Å². The van der Waals surface area contributed by atoms with Gasteiger partial charge < -0.3 is 19.5 Å². The fraction of sp³-hybridized carbons (Fsp3) is 0.667. The lowest BCUT2D eigenvalue weighted by Gasteiger charge is -2.15. The molecule has 0 saturated carbocycles. The van der Waals surface area contributed by atoms with Gasteiger partial charge in [0, 0.05) is 19.5 Å². The summed E-state index contributed by atoms with van der Waals surface area (Å²) in [4.78, 5) is 23.7. The number of rotatable bonds is 8. The van der Waals surface area contributed by atoms with Crippen LogP contribution in [0.4, 0.5) is 0 Å². The van der Waals surface area contributed by atoms with E-state index in [4.69, 9.17) is 21.0 Å². The second kappa shape index (κ2) is 7.69. The van der Waals surface area contributed by atoms with Crippen molar-refractivity contribution in [1.29, 1.82) is 0 Å². The van der Waals surface area contributed by atoms with Crippen molar-refractivity contribution in [2.45, 2.75) is 6.42 Å². The van der Waals surface area contributed by atoms with Crippen LogP contribution in [0.2, 0.25) is 0 Å². The van der Waals surface area contributed by atoms with Crippen LogP contribution in [0.15, 0.2) is 0 Å². The Morgan fingerprint density at radius 3 is 2.78 bits per heavy atom. The van der Waals surface area contributed by atoms with E-state index in [1.54, 1.807) is 0 Å². The Morgan fingerprint density at radius 2 is 2.17 bits per heavy atom.